The second kappa shape index (κ2) is 7.88. The van der Waals surface area contributed by atoms with Gasteiger partial charge in [0.15, 0.2) is 0 Å². The molecule has 0 atom stereocenters. The van der Waals surface area contributed by atoms with E-state index < -0.39 is 4.92 Å². The monoisotopic (exact) mass is 385 g/mol. The molecule has 3 aromatic rings. The zero-order valence-corrected chi connectivity index (χ0v) is 15.3. The fourth-order valence-corrected chi connectivity index (χ4v) is 2.65. The molecule has 27 heavy (non-hydrogen) atoms. The lowest BCUT2D eigenvalue weighted by Gasteiger charge is -2.13. The Hall–Kier alpha value is -3.39. The maximum Gasteiger partial charge on any atom is 0.353 e. The summed E-state index contributed by atoms with van der Waals surface area (Å²) in [5, 5.41) is 18.0. The normalized spacial score (nSPS) is 10.3. The minimum Gasteiger partial charge on any atom is -0.495 e. The molecule has 0 amide bonds. The molecule has 0 aliphatic carbocycles. The highest BCUT2D eigenvalue weighted by atomic mass is 35.5. The third-order valence-corrected chi connectivity index (χ3v) is 4.07. The van der Waals surface area contributed by atoms with Crippen molar-refractivity contribution in [2.45, 2.75) is 6.92 Å². The van der Waals surface area contributed by atoms with Crippen LogP contribution in [0.5, 0.6) is 5.75 Å². The number of hydrogen-bond donors (Lipinski definition) is 2. The van der Waals surface area contributed by atoms with E-state index in [9.17, 15) is 10.1 Å². The van der Waals surface area contributed by atoms with E-state index in [-0.39, 0.29) is 17.3 Å². The van der Waals surface area contributed by atoms with Crippen LogP contribution in [0.25, 0.3) is 0 Å². The molecule has 2 N–H and O–H groups in total. The van der Waals surface area contributed by atoms with E-state index in [1.807, 2.05) is 19.1 Å². The zero-order valence-electron chi connectivity index (χ0n) is 14.6. The van der Waals surface area contributed by atoms with Gasteiger partial charge in [0.25, 0.3) is 0 Å². The molecule has 1 aromatic heterocycles. The lowest BCUT2D eigenvalue weighted by atomic mass is 10.2. The largest absolute Gasteiger partial charge is 0.495 e. The van der Waals surface area contributed by atoms with Crippen molar-refractivity contribution in [1.29, 1.82) is 0 Å². The lowest BCUT2D eigenvalue weighted by molar-refractivity contribution is -0.383. The Morgan fingerprint density at radius 3 is 2.37 bits per heavy atom. The number of anilines is 4. The number of halogens is 1. The van der Waals surface area contributed by atoms with E-state index in [2.05, 4.69) is 20.6 Å². The maximum absolute atomic E-state index is 11.7. The first-order valence-corrected chi connectivity index (χ1v) is 8.30. The van der Waals surface area contributed by atoms with Crippen molar-refractivity contribution in [2.75, 3.05) is 17.7 Å². The highest BCUT2D eigenvalue weighted by Gasteiger charge is 2.24. The van der Waals surface area contributed by atoms with E-state index in [4.69, 9.17) is 16.3 Å². The third kappa shape index (κ3) is 4.06. The first-order chi connectivity index (χ1) is 13.0. The molecule has 8 nitrogen and oxygen atoms in total. The van der Waals surface area contributed by atoms with Gasteiger partial charge in [-0.05, 0) is 36.8 Å². The molecular formula is C18H16ClN5O3. The summed E-state index contributed by atoms with van der Waals surface area (Å²) >= 11 is 6.12. The van der Waals surface area contributed by atoms with Crippen molar-refractivity contribution < 1.29 is 9.66 Å². The number of para-hydroxylation sites is 1. The smallest absolute Gasteiger partial charge is 0.353 e. The van der Waals surface area contributed by atoms with Crippen molar-refractivity contribution in [3.05, 3.63) is 69.5 Å². The van der Waals surface area contributed by atoms with Gasteiger partial charge in [-0.15, -0.1) is 0 Å². The minimum atomic E-state index is -0.552. The number of nitrogens with one attached hydrogen (secondary N) is 2. The van der Waals surface area contributed by atoms with Gasteiger partial charge < -0.3 is 15.4 Å². The number of ether oxygens (including phenoxy) is 1. The predicted molar refractivity (Wildman–Crippen MR) is 104 cm³/mol. The van der Waals surface area contributed by atoms with Crippen LogP contribution >= 0.6 is 11.6 Å². The molecule has 0 saturated heterocycles. The van der Waals surface area contributed by atoms with Gasteiger partial charge in [-0.2, -0.15) is 0 Å². The molecule has 0 spiro atoms. The van der Waals surface area contributed by atoms with Gasteiger partial charge >= 0.3 is 5.69 Å². The number of nitro groups is 1. The molecule has 9 heteroatoms. The van der Waals surface area contributed by atoms with Gasteiger partial charge in [-0.3, -0.25) is 10.1 Å². The van der Waals surface area contributed by atoms with Gasteiger partial charge in [0.2, 0.25) is 11.6 Å². The number of benzene rings is 2. The number of hydrogen-bond acceptors (Lipinski definition) is 7. The van der Waals surface area contributed by atoms with Crippen LogP contribution in [0.2, 0.25) is 5.02 Å². The first kappa shape index (κ1) is 18.4. The average Bonchev–Trinajstić information content (AvgIpc) is 2.64. The molecule has 0 saturated carbocycles. The molecule has 0 radical (unpaired) electrons. The van der Waals surface area contributed by atoms with Crippen molar-refractivity contribution >= 4 is 40.3 Å². The second-order valence-electron chi connectivity index (χ2n) is 5.61. The Morgan fingerprint density at radius 2 is 1.74 bits per heavy atom. The highest BCUT2D eigenvalue weighted by Crippen LogP contribution is 2.36. The van der Waals surface area contributed by atoms with Gasteiger partial charge in [0, 0.05) is 0 Å². The van der Waals surface area contributed by atoms with E-state index in [1.165, 1.54) is 13.4 Å². The quantitative estimate of drug-likeness (QED) is 0.462. The van der Waals surface area contributed by atoms with Gasteiger partial charge in [-0.1, -0.05) is 29.8 Å². The van der Waals surface area contributed by atoms with Crippen LogP contribution in [0.3, 0.4) is 0 Å². The Balaban J connectivity index is 2.03. The molecular weight excluding hydrogens is 370 g/mol. The van der Waals surface area contributed by atoms with Crippen LogP contribution < -0.4 is 15.4 Å². The van der Waals surface area contributed by atoms with Gasteiger partial charge in [0.05, 0.1) is 28.4 Å². The zero-order chi connectivity index (χ0) is 19.4. The fraction of sp³-hybridized carbons (Fsp3) is 0.111. The summed E-state index contributed by atoms with van der Waals surface area (Å²) in [4.78, 5) is 19.2. The molecule has 2 aromatic carbocycles. The lowest BCUT2D eigenvalue weighted by Crippen LogP contribution is -2.06. The highest BCUT2D eigenvalue weighted by molar-refractivity contribution is 6.33. The first-order valence-electron chi connectivity index (χ1n) is 7.92. The van der Waals surface area contributed by atoms with Gasteiger partial charge in [-0.25, -0.2) is 9.97 Å². The molecule has 0 fully saturated rings. The number of aryl methyl sites for hydroxylation is 1. The Morgan fingerprint density at radius 1 is 1.07 bits per heavy atom. The predicted octanol–water partition coefficient (Wildman–Crippen LogP) is 4.84. The van der Waals surface area contributed by atoms with Crippen molar-refractivity contribution in [3.63, 3.8) is 0 Å². The topological polar surface area (TPSA) is 102 Å². The molecule has 138 valence electrons. The average molecular weight is 386 g/mol. The SMILES string of the molecule is COc1ccc(C)cc1Nc1ncnc(Nc2ccccc2Cl)c1[N+](=O)[O-]. The Labute approximate surface area is 160 Å². The van der Waals surface area contributed by atoms with Crippen LogP contribution in [0.1, 0.15) is 5.56 Å². The van der Waals surface area contributed by atoms with Crippen LogP contribution in [0.15, 0.2) is 48.8 Å². The van der Waals surface area contributed by atoms with Crippen molar-refractivity contribution in [3.8, 4) is 5.75 Å². The van der Waals surface area contributed by atoms with Crippen LogP contribution in [0.4, 0.5) is 28.7 Å². The third-order valence-electron chi connectivity index (χ3n) is 3.74. The van der Waals surface area contributed by atoms with Crippen LogP contribution in [-0.2, 0) is 0 Å². The summed E-state index contributed by atoms with van der Waals surface area (Å²) in [7, 11) is 1.52. The van der Waals surface area contributed by atoms with E-state index in [0.29, 0.717) is 22.1 Å². The minimum absolute atomic E-state index is 0.0252. The molecule has 0 bridgehead atoms. The molecule has 1 heterocycles. The molecule has 0 unspecified atom stereocenters. The Kier molecular flexibility index (Phi) is 5.37. The van der Waals surface area contributed by atoms with Gasteiger partial charge in [0.1, 0.15) is 12.1 Å². The van der Waals surface area contributed by atoms with Crippen molar-refractivity contribution in [1.82, 2.24) is 9.97 Å². The summed E-state index contributed by atoms with van der Waals surface area (Å²) in [5.74, 6) is 0.597. The summed E-state index contributed by atoms with van der Waals surface area (Å²) in [5.41, 5.74) is 1.72. The summed E-state index contributed by atoms with van der Waals surface area (Å²) in [6.07, 6.45) is 1.23. The van der Waals surface area contributed by atoms with E-state index in [0.717, 1.165) is 5.56 Å². The van der Waals surface area contributed by atoms with Crippen LogP contribution in [0, 0.1) is 17.0 Å². The van der Waals surface area contributed by atoms with E-state index >= 15 is 0 Å². The summed E-state index contributed by atoms with van der Waals surface area (Å²) < 4.78 is 5.31. The Bertz CT molecular complexity index is 996. The van der Waals surface area contributed by atoms with Crippen LogP contribution in [-0.4, -0.2) is 22.0 Å². The number of aromatic nitrogens is 2. The summed E-state index contributed by atoms with van der Waals surface area (Å²) in [6.45, 7) is 1.91. The number of rotatable bonds is 6. The molecule has 3 rings (SSSR count). The maximum atomic E-state index is 11.7. The fourth-order valence-electron chi connectivity index (χ4n) is 2.47. The van der Waals surface area contributed by atoms with Crippen molar-refractivity contribution in [2.24, 2.45) is 0 Å². The standard InChI is InChI=1S/C18H16ClN5O3/c1-11-7-8-15(27-2)14(9-11)23-18-16(24(25)26)17(20-10-21-18)22-13-6-4-3-5-12(13)19/h3-10H,1-2H3,(H2,20,21,22,23). The second-order valence-corrected chi connectivity index (χ2v) is 6.02. The summed E-state index contributed by atoms with van der Waals surface area (Å²) in [6, 6.07) is 12.4. The molecule has 0 aliphatic heterocycles. The number of nitrogens with zero attached hydrogens (tertiary/aromatic N) is 3. The molecule has 0 aliphatic rings. The number of methoxy groups -OCH3 is 1. The van der Waals surface area contributed by atoms with E-state index in [1.54, 1.807) is 30.3 Å².